The fourth-order valence-electron chi connectivity index (χ4n) is 2.26. The molecule has 0 aromatic heterocycles. The van der Waals surface area contributed by atoms with Gasteiger partial charge in [0.1, 0.15) is 0 Å². The standard InChI is InChI=1S/C18H22N4O2/c19-9-13-3-1-5-15(7-13)11-21-17(23)18(24)22-12-16-6-2-4-14(8-16)10-20/h1-8H,9-12,19-20H2,(H,21,23)(H,22,24). The lowest BCUT2D eigenvalue weighted by Crippen LogP contribution is -2.39. The Bertz CT molecular complexity index is 654. The summed E-state index contributed by atoms with van der Waals surface area (Å²) in [6.07, 6.45) is 0. The summed E-state index contributed by atoms with van der Waals surface area (Å²) in [7, 11) is 0. The predicted molar refractivity (Wildman–Crippen MR) is 92.4 cm³/mol. The van der Waals surface area contributed by atoms with Gasteiger partial charge in [0.15, 0.2) is 0 Å². The third-order valence-electron chi connectivity index (χ3n) is 3.57. The molecule has 0 bridgehead atoms. The summed E-state index contributed by atoms with van der Waals surface area (Å²) in [5.74, 6) is -1.33. The second kappa shape index (κ2) is 8.81. The minimum absolute atomic E-state index is 0.281. The smallest absolute Gasteiger partial charge is 0.309 e. The molecular formula is C18H22N4O2. The van der Waals surface area contributed by atoms with Crippen LogP contribution in [0.2, 0.25) is 0 Å². The molecule has 0 spiro atoms. The molecule has 0 unspecified atom stereocenters. The first-order chi connectivity index (χ1) is 11.6. The van der Waals surface area contributed by atoms with Gasteiger partial charge in [-0.3, -0.25) is 9.59 Å². The molecule has 0 aliphatic carbocycles. The third-order valence-corrected chi connectivity index (χ3v) is 3.57. The van der Waals surface area contributed by atoms with Gasteiger partial charge in [0, 0.05) is 26.2 Å². The minimum Gasteiger partial charge on any atom is -0.344 e. The number of carbonyl (C=O) groups excluding carboxylic acids is 2. The first-order valence-corrected chi connectivity index (χ1v) is 7.74. The Kier molecular flexibility index (Phi) is 6.48. The molecule has 0 radical (unpaired) electrons. The topological polar surface area (TPSA) is 110 Å². The van der Waals surface area contributed by atoms with Gasteiger partial charge in [0.25, 0.3) is 0 Å². The number of carbonyl (C=O) groups is 2. The fourth-order valence-corrected chi connectivity index (χ4v) is 2.26. The highest BCUT2D eigenvalue weighted by molar-refractivity contribution is 6.35. The lowest BCUT2D eigenvalue weighted by molar-refractivity contribution is -0.139. The van der Waals surface area contributed by atoms with Gasteiger partial charge in [-0.2, -0.15) is 0 Å². The van der Waals surface area contributed by atoms with E-state index in [1.165, 1.54) is 0 Å². The summed E-state index contributed by atoms with van der Waals surface area (Å²) in [4.78, 5) is 23.7. The van der Waals surface area contributed by atoms with Gasteiger partial charge in [0.2, 0.25) is 0 Å². The molecule has 2 aromatic rings. The van der Waals surface area contributed by atoms with Crippen molar-refractivity contribution in [2.24, 2.45) is 11.5 Å². The van der Waals surface area contributed by atoms with Crippen LogP contribution in [-0.2, 0) is 35.8 Å². The highest BCUT2D eigenvalue weighted by Crippen LogP contribution is 2.05. The Morgan fingerprint density at radius 2 is 1.08 bits per heavy atom. The zero-order valence-electron chi connectivity index (χ0n) is 13.4. The van der Waals surface area contributed by atoms with Crippen LogP contribution in [0, 0.1) is 0 Å². The fraction of sp³-hybridized carbons (Fsp3) is 0.222. The maximum Gasteiger partial charge on any atom is 0.309 e. The van der Waals surface area contributed by atoms with Gasteiger partial charge in [-0.05, 0) is 22.3 Å². The summed E-state index contributed by atoms with van der Waals surface area (Å²) < 4.78 is 0. The number of amides is 2. The Morgan fingerprint density at radius 3 is 1.46 bits per heavy atom. The lowest BCUT2D eigenvalue weighted by atomic mass is 10.1. The minimum atomic E-state index is -0.664. The molecule has 0 atom stereocenters. The van der Waals surface area contributed by atoms with E-state index in [4.69, 9.17) is 11.5 Å². The van der Waals surface area contributed by atoms with Crippen molar-refractivity contribution in [2.75, 3.05) is 0 Å². The van der Waals surface area contributed by atoms with Gasteiger partial charge >= 0.3 is 11.8 Å². The molecule has 6 heteroatoms. The zero-order valence-corrected chi connectivity index (χ0v) is 13.4. The van der Waals surface area contributed by atoms with E-state index >= 15 is 0 Å². The van der Waals surface area contributed by atoms with Crippen molar-refractivity contribution in [3.63, 3.8) is 0 Å². The third kappa shape index (κ3) is 5.19. The van der Waals surface area contributed by atoms with E-state index in [1.54, 1.807) is 0 Å². The Morgan fingerprint density at radius 1 is 0.708 bits per heavy atom. The Hall–Kier alpha value is -2.70. The van der Waals surface area contributed by atoms with Crippen LogP contribution in [-0.4, -0.2) is 11.8 Å². The summed E-state index contributed by atoms with van der Waals surface area (Å²) in [6, 6.07) is 15.1. The number of nitrogens with two attached hydrogens (primary N) is 2. The number of hydrogen-bond acceptors (Lipinski definition) is 4. The van der Waals surface area contributed by atoms with E-state index in [-0.39, 0.29) is 13.1 Å². The number of nitrogens with one attached hydrogen (secondary N) is 2. The first-order valence-electron chi connectivity index (χ1n) is 7.74. The van der Waals surface area contributed by atoms with Crippen LogP contribution in [0.4, 0.5) is 0 Å². The molecule has 2 aromatic carbocycles. The largest absolute Gasteiger partial charge is 0.344 e. The van der Waals surface area contributed by atoms with Gasteiger partial charge in [-0.25, -0.2) is 0 Å². The van der Waals surface area contributed by atoms with E-state index < -0.39 is 11.8 Å². The van der Waals surface area contributed by atoms with Crippen molar-refractivity contribution >= 4 is 11.8 Å². The van der Waals surface area contributed by atoms with Crippen LogP contribution in [0.5, 0.6) is 0 Å². The summed E-state index contributed by atoms with van der Waals surface area (Å²) in [6.45, 7) is 1.43. The van der Waals surface area contributed by atoms with Crippen LogP contribution in [0.15, 0.2) is 48.5 Å². The molecule has 0 heterocycles. The average Bonchev–Trinajstić information content (AvgIpc) is 2.64. The van der Waals surface area contributed by atoms with E-state index in [0.717, 1.165) is 22.3 Å². The molecule has 0 aliphatic rings. The lowest BCUT2D eigenvalue weighted by Gasteiger charge is -2.08. The van der Waals surface area contributed by atoms with Gasteiger partial charge in [-0.15, -0.1) is 0 Å². The molecular weight excluding hydrogens is 304 g/mol. The highest BCUT2D eigenvalue weighted by atomic mass is 16.2. The van der Waals surface area contributed by atoms with Gasteiger partial charge in [-0.1, -0.05) is 48.5 Å². The number of benzene rings is 2. The second-order valence-electron chi connectivity index (χ2n) is 5.41. The van der Waals surface area contributed by atoms with Crippen molar-refractivity contribution in [3.8, 4) is 0 Å². The van der Waals surface area contributed by atoms with Crippen LogP contribution in [0.3, 0.4) is 0 Å². The van der Waals surface area contributed by atoms with Crippen molar-refractivity contribution in [1.29, 1.82) is 0 Å². The normalized spacial score (nSPS) is 10.2. The molecule has 0 fully saturated rings. The van der Waals surface area contributed by atoms with Gasteiger partial charge in [0.05, 0.1) is 0 Å². The van der Waals surface area contributed by atoms with Crippen LogP contribution >= 0.6 is 0 Å². The van der Waals surface area contributed by atoms with E-state index in [1.807, 2.05) is 48.5 Å². The zero-order chi connectivity index (χ0) is 17.4. The Labute approximate surface area is 141 Å². The van der Waals surface area contributed by atoms with Crippen molar-refractivity contribution in [2.45, 2.75) is 26.2 Å². The monoisotopic (exact) mass is 326 g/mol. The van der Waals surface area contributed by atoms with E-state index in [2.05, 4.69) is 10.6 Å². The maximum atomic E-state index is 11.8. The number of rotatable bonds is 6. The van der Waals surface area contributed by atoms with Crippen molar-refractivity contribution < 1.29 is 9.59 Å². The SMILES string of the molecule is NCc1cccc(CNC(=O)C(=O)NCc2cccc(CN)c2)c1. The van der Waals surface area contributed by atoms with Gasteiger partial charge < -0.3 is 22.1 Å². The van der Waals surface area contributed by atoms with Crippen molar-refractivity contribution in [1.82, 2.24) is 10.6 Å². The predicted octanol–water partition coefficient (Wildman–Crippen LogP) is 0.537. The van der Waals surface area contributed by atoms with Crippen molar-refractivity contribution in [3.05, 3.63) is 70.8 Å². The molecule has 2 amide bonds. The molecule has 0 saturated heterocycles. The quantitative estimate of drug-likeness (QED) is 0.581. The van der Waals surface area contributed by atoms with Crippen LogP contribution < -0.4 is 22.1 Å². The Balaban J connectivity index is 1.82. The van der Waals surface area contributed by atoms with Crippen LogP contribution in [0.25, 0.3) is 0 Å². The molecule has 0 saturated carbocycles. The maximum absolute atomic E-state index is 11.8. The van der Waals surface area contributed by atoms with Crippen LogP contribution in [0.1, 0.15) is 22.3 Å². The molecule has 126 valence electrons. The van der Waals surface area contributed by atoms with E-state index in [0.29, 0.717) is 13.1 Å². The molecule has 6 N–H and O–H groups in total. The molecule has 24 heavy (non-hydrogen) atoms. The second-order valence-corrected chi connectivity index (χ2v) is 5.41. The molecule has 0 aliphatic heterocycles. The first kappa shape index (κ1) is 17.7. The number of hydrogen-bond donors (Lipinski definition) is 4. The molecule has 6 nitrogen and oxygen atoms in total. The summed E-state index contributed by atoms with van der Waals surface area (Å²) in [5.41, 5.74) is 14.9. The highest BCUT2D eigenvalue weighted by Gasteiger charge is 2.12. The molecule has 2 rings (SSSR count). The average molecular weight is 326 g/mol. The van der Waals surface area contributed by atoms with E-state index in [9.17, 15) is 9.59 Å². The summed E-state index contributed by atoms with van der Waals surface area (Å²) in [5, 5.41) is 5.19. The summed E-state index contributed by atoms with van der Waals surface area (Å²) >= 11 is 0.